The van der Waals surface area contributed by atoms with Crippen LogP contribution in [0.25, 0.3) is 0 Å². The van der Waals surface area contributed by atoms with Crippen LogP contribution in [0.3, 0.4) is 0 Å². The van der Waals surface area contributed by atoms with E-state index in [4.69, 9.17) is 4.74 Å². The van der Waals surface area contributed by atoms with Crippen molar-refractivity contribution in [3.8, 4) is 0 Å². The van der Waals surface area contributed by atoms with Crippen molar-refractivity contribution >= 4 is 35.4 Å². The zero-order valence-corrected chi connectivity index (χ0v) is 28.0. The van der Waals surface area contributed by atoms with Crippen LogP contribution in [0, 0.1) is 26.7 Å². The Morgan fingerprint density at radius 1 is 0.881 bits per heavy atom. The first-order valence-corrected chi connectivity index (χ1v) is 16.3. The van der Waals surface area contributed by atoms with Crippen LogP contribution < -0.4 is 10.6 Å². The van der Waals surface area contributed by atoms with Crippen LogP contribution in [-0.2, 0) is 14.3 Å². The minimum absolute atomic E-state index is 0.273. The Morgan fingerprint density at radius 2 is 1.48 bits per heavy atom. The minimum Gasteiger partial charge on any atom is -0.444 e. The van der Waals surface area contributed by atoms with Crippen molar-refractivity contribution in [1.29, 1.82) is 0 Å². The zero-order chi connectivity index (χ0) is 31.6. The highest BCUT2D eigenvalue weighted by molar-refractivity contribution is 7.98. The number of hydrogen-bond acceptors (Lipinski definition) is 5. The molecule has 3 atom stereocenters. The SMILES string of the molecule is CSCCC(NC(=O)OC(C)(C)C)C(=O)N(C(C)CCC(C)C)C(C(=O)Nc1c(C)cccc1C)c1ccccc1C. The van der Waals surface area contributed by atoms with Crippen LogP contribution in [0.4, 0.5) is 10.5 Å². The van der Waals surface area contributed by atoms with E-state index < -0.39 is 23.8 Å². The fraction of sp³-hybridized carbons (Fsp3) is 0.559. The lowest BCUT2D eigenvalue weighted by Gasteiger charge is -2.39. The second-order valence-electron chi connectivity index (χ2n) is 12.6. The van der Waals surface area contributed by atoms with Gasteiger partial charge in [0.1, 0.15) is 17.7 Å². The van der Waals surface area contributed by atoms with Gasteiger partial charge in [-0.3, -0.25) is 9.59 Å². The van der Waals surface area contributed by atoms with Gasteiger partial charge in [0.2, 0.25) is 5.91 Å². The Labute approximate surface area is 257 Å². The Morgan fingerprint density at radius 3 is 2.02 bits per heavy atom. The van der Waals surface area contributed by atoms with E-state index in [9.17, 15) is 14.4 Å². The summed E-state index contributed by atoms with van der Waals surface area (Å²) >= 11 is 1.60. The summed E-state index contributed by atoms with van der Waals surface area (Å²) in [7, 11) is 0. The van der Waals surface area contributed by atoms with Crippen LogP contribution in [0.5, 0.6) is 0 Å². The molecule has 3 amide bonds. The molecule has 42 heavy (non-hydrogen) atoms. The third kappa shape index (κ3) is 10.4. The molecule has 0 radical (unpaired) electrons. The largest absolute Gasteiger partial charge is 0.444 e. The molecule has 0 saturated carbocycles. The molecule has 0 bridgehead atoms. The van der Waals surface area contributed by atoms with Gasteiger partial charge in [-0.05, 0) is 108 Å². The number of rotatable bonds is 13. The summed E-state index contributed by atoms with van der Waals surface area (Å²) in [5, 5.41) is 6.00. The van der Waals surface area contributed by atoms with Gasteiger partial charge in [-0.2, -0.15) is 11.8 Å². The first-order valence-electron chi connectivity index (χ1n) is 14.9. The van der Waals surface area contributed by atoms with Crippen molar-refractivity contribution in [3.05, 3.63) is 64.7 Å². The topological polar surface area (TPSA) is 87.7 Å². The molecule has 2 aromatic carbocycles. The number of carbonyl (C=O) groups is 3. The third-order valence-corrected chi connectivity index (χ3v) is 7.87. The quantitative estimate of drug-likeness (QED) is 0.248. The number of hydrogen-bond donors (Lipinski definition) is 2. The molecule has 0 heterocycles. The number of benzene rings is 2. The lowest BCUT2D eigenvalue weighted by Crippen LogP contribution is -2.55. The van der Waals surface area contributed by atoms with E-state index in [-0.39, 0.29) is 17.9 Å². The highest BCUT2D eigenvalue weighted by atomic mass is 32.2. The van der Waals surface area contributed by atoms with E-state index in [2.05, 4.69) is 24.5 Å². The predicted molar refractivity (Wildman–Crippen MR) is 175 cm³/mol. The Hall–Kier alpha value is -3.00. The predicted octanol–water partition coefficient (Wildman–Crippen LogP) is 7.59. The summed E-state index contributed by atoms with van der Waals surface area (Å²) in [6, 6.07) is 11.5. The van der Waals surface area contributed by atoms with E-state index in [1.165, 1.54) is 0 Å². The number of ether oxygens (including phenoxy) is 1. The van der Waals surface area contributed by atoms with Crippen molar-refractivity contribution in [3.63, 3.8) is 0 Å². The average Bonchev–Trinajstić information content (AvgIpc) is 2.89. The number of carbonyl (C=O) groups excluding carboxylic acids is 3. The molecule has 7 nitrogen and oxygen atoms in total. The molecule has 0 aliphatic heterocycles. The number of nitrogens with zero attached hydrogens (tertiary/aromatic N) is 1. The lowest BCUT2D eigenvalue weighted by atomic mass is 9.94. The molecule has 0 saturated heterocycles. The zero-order valence-electron chi connectivity index (χ0n) is 27.2. The highest BCUT2D eigenvalue weighted by Gasteiger charge is 2.39. The Balaban J connectivity index is 2.67. The van der Waals surface area contributed by atoms with Gasteiger partial charge in [0, 0.05) is 11.7 Å². The smallest absolute Gasteiger partial charge is 0.408 e. The fourth-order valence-electron chi connectivity index (χ4n) is 4.95. The molecule has 2 aromatic rings. The van der Waals surface area contributed by atoms with Crippen molar-refractivity contribution in [1.82, 2.24) is 10.2 Å². The van der Waals surface area contributed by atoms with Gasteiger partial charge in [0.05, 0.1) is 0 Å². The molecule has 8 heteroatoms. The molecule has 0 spiro atoms. The summed E-state index contributed by atoms with van der Waals surface area (Å²) in [5.74, 6) is 0.504. The Bertz CT molecular complexity index is 1190. The van der Waals surface area contributed by atoms with E-state index in [0.717, 1.165) is 34.4 Å². The maximum Gasteiger partial charge on any atom is 0.408 e. The van der Waals surface area contributed by atoms with Crippen LogP contribution in [-0.4, -0.2) is 52.5 Å². The molecule has 2 N–H and O–H groups in total. The van der Waals surface area contributed by atoms with Gasteiger partial charge in [-0.1, -0.05) is 56.3 Å². The number of anilines is 1. The first kappa shape index (κ1) is 35.2. The van der Waals surface area contributed by atoms with Crippen molar-refractivity contribution in [2.24, 2.45) is 5.92 Å². The second-order valence-corrected chi connectivity index (χ2v) is 13.5. The summed E-state index contributed by atoms with van der Waals surface area (Å²) < 4.78 is 5.53. The van der Waals surface area contributed by atoms with Crippen LogP contribution in [0.15, 0.2) is 42.5 Å². The molecule has 0 aliphatic carbocycles. The molecule has 0 fully saturated rings. The van der Waals surface area contributed by atoms with E-state index in [0.29, 0.717) is 24.5 Å². The number of nitrogens with one attached hydrogen (secondary N) is 2. The van der Waals surface area contributed by atoms with Gasteiger partial charge in [-0.15, -0.1) is 0 Å². The molecule has 0 aromatic heterocycles. The van der Waals surface area contributed by atoms with Crippen molar-refractivity contribution in [2.75, 3.05) is 17.3 Å². The minimum atomic E-state index is -0.905. The van der Waals surface area contributed by atoms with Crippen LogP contribution >= 0.6 is 11.8 Å². The summed E-state index contributed by atoms with van der Waals surface area (Å²) in [5.41, 5.74) is 3.59. The van der Waals surface area contributed by atoms with Gasteiger partial charge in [0.25, 0.3) is 5.91 Å². The van der Waals surface area contributed by atoms with E-state index in [1.54, 1.807) is 37.4 Å². The monoisotopic (exact) mass is 597 g/mol. The standard InChI is InChI=1S/C34H51N3O4S/c1-22(2)18-19-26(6)37(32(39)28(20-21-42-10)35-33(40)41-34(7,8)9)30(27-17-12-11-14-23(27)3)31(38)36-29-24(4)15-13-16-25(29)5/h11-17,22,26,28,30H,18-21H2,1-10H3,(H,35,40)(H,36,38). The maximum absolute atomic E-state index is 14.6. The molecule has 2 rings (SSSR count). The van der Waals surface area contributed by atoms with Crippen LogP contribution in [0.2, 0.25) is 0 Å². The van der Waals surface area contributed by atoms with Gasteiger partial charge >= 0.3 is 6.09 Å². The number of aryl methyl sites for hydroxylation is 3. The van der Waals surface area contributed by atoms with Gasteiger partial charge in [-0.25, -0.2) is 4.79 Å². The molecule has 232 valence electrons. The second kappa shape index (κ2) is 16.0. The third-order valence-electron chi connectivity index (χ3n) is 7.23. The van der Waals surface area contributed by atoms with Crippen LogP contribution in [0.1, 0.15) is 89.1 Å². The van der Waals surface area contributed by atoms with Gasteiger partial charge in [0.15, 0.2) is 0 Å². The summed E-state index contributed by atoms with van der Waals surface area (Å²) in [4.78, 5) is 43.6. The first-order chi connectivity index (χ1) is 19.7. The average molecular weight is 598 g/mol. The van der Waals surface area contributed by atoms with E-state index in [1.807, 2.05) is 76.4 Å². The van der Waals surface area contributed by atoms with Crippen molar-refractivity contribution < 1.29 is 19.1 Å². The summed E-state index contributed by atoms with van der Waals surface area (Å²) in [6.45, 7) is 17.5. The molecular weight excluding hydrogens is 546 g/mol. The molecule has 0 aliphatic rings. The molecule has 3 unspecified atom stereocenters. The lowest BCUT2D eigenvalue weighted by molar-refractivity contribution is -0.143. The number of thioether (sulfide) groups is 1. The number of para-hydroxylation sites is 1. The fourth-order valence-corrected chi connectivity index (χ4v) is 5.42. The number of alkyl carbamates (subject to hydrolysis) is 1. The van der Waals surface area contributed by atoms with Crippen molar-refractivity contribution in [2.45, 2.75) is 105 Å². The molecular formula is C34H51N3O4S. The summed E-state index contributed by atoms with van der Waals surface area (Å²) in [6.07, 6.45) is 3.32. The van der Waals surface area contributed by atoms with E-state index >= 15 is 0 Å². The Kier molecular flexibility index (Phi) is 13.4. The maximum atomic E-state index is 14.6. The van der Waals surface area contributed by atoms with Gasteiger partial charge < -0.3 is 20.3 Å². The number of amides is 3. The normalized spacial score (nSPS) is 13.7. The highest BCUT2D eigenvalue weighted by Crippen LogP contribution is 2.32.